The Bertz CT molecular complexity index is 211. The van der Waals surface area contributed by atoms with Crippen molar-refractivity contribution in [3.8, 4) is 0 Å². The maximum atomic E-state index is 11.4. The topological polar surface area (TPSA) is 49.4 Å². The maximum Gasteiger partial charge on any atom is 0.222 e. The van der Waals surface area contributed by atoms with Crippen LogP contribution in [0.1, 0.15) is 39.5 Å². The molecule has 4 nitrogen and oxygen atoms in total. The number of rotatable bonds is 6. The third kappa shape index (κ3) is 6.10. The van der Waals surface area contributed by atoms with Gasteiger partial charge in [0, 0.05) is 33.0 Å². The van der Waals surface area contributed by atoms with Crippen molar-refractivity contribution in [1.29, 1.82) is 0 Å². The molecule has 0 aromatic rings. The lowest BCUT2D eigenvalue weighted by molar-refractivity contribution is -0.131. The largest absolute Gasteiger partial charge is 0.353 e. The predicted octanol–water partition coefficient (Wildman–Crippen LogP) is 1.16. The van der Waals surface area contributed by atoms with Crippen LogP contribution in [0.5, 0.6) is 0 Å². The number of carbonyl (C=O) groups excluding carboxylic acids is 2. The second-order valence-electron chi connectivity index (χ2n) is 3.87. The Morgan fingerprint density at radius 2 is 1.67 bits per heavy atom. The highest BCUT2D eigenvalue weighted by Gasteiger charge is 2.11. The number of hydrogen-bond donors (Lipinski definition) is 1. The molecule has 15 heavy (non-hydrogen) atoms. The molecule has 0 aliphatic heterocycles. The van der Waals surface area contributed by atoms with E-state index in [2.05, 4.69) is 5.32 Å². The molecule has 0 fully saturated rings. The number of amides is 2. The van der Waals surface area contributed by atoms with Crippen LogP contribution < -0.4 is 5.32 Å². The lowest BCUT2D eigenvalue weighted by atomic mass is 10.1. The molecule has 1 N–H and O–H groups in total. The van der Waals surface area contributed by atoms with Crippen molar-refractivity contribution in [3.05, 3.63) is 0 Å². The molecule has 0 bridgehead atoms. The normalized spacial score (nSPS) is 10.2. The van der Waals surface area contributed by atoms with E-state index in [1.165, 1.54) is 4.90 Å². The molecule has 0 rings (SSSR count). The minimum absolute atomic E-state index is 0.00491. The second-order valence-corrected chi connectivity index (χ2v) is 3.87. The van der Waals surface area contributed by atoms with Gasteiger partial charge in [-0.05, 0) is 12.8 Å². The fourth-order valence-electron chi connectivity index (χ4n) is 1.24. The van der Waals surface area contributed by atoms with Crippen LogP contribution >= 0.6 is 0 Å². The van der Waals surface area contributed by atoms with Gasteiger partial charge < -0.3 is 10.2 Å². The fourth-order valence-corrected chi connectivity index (χ4v) is 1.24. The fraction of sp³-hybridized carbons (Fsp3) is 0.818. The Kier molecular flexibility index (Phi) is 6.75. The molecule has 0 saturated carbocycles. The zero-order chi connectivity index (χ0) is 11.8. The van der Waals surface area contributed by atoms with Crippen LogP contribution in [0.3, 0.4) is 0 Å². The van der Waals surface area contributed by atoms with Gasteiger partial charge in [0.05, 0.1) is 0 Å². The molecule has 0 heterocycles. The first-order chi connectivity index (χ1) is 7.01. The minimum Gasteiger partial charge on any atom is -0.353 e. The van der Waals surface area contributed by atoms with Crippen LogP contribution in [-0.2, 0) is 9.59 Å². The van der Waals surface area contributed by atoms with Gasteiger partial charge in [0.1, 0.15) is 0 Å². The molecule has 4 heteroatoms. The molecule has 88 valence electrons. The van der Waals surface area contributed by atoms with Crippen LogP contribution in [0.25, 0.3) is 0 Å². The first kappa shape index (κ1) is 13.9. The van der Waals surface area contributed by atoms with Crippen LogP contribution in [0.2, 0.25) is 0 Å². The minimum atomic E-state index is -0.0288. The molecule has 0 radical (unpaired) electrons. The van der Waals surface area contributed by atoms with Crippen LogP contribution in [0.15, 0.2) is 0 Å². The summed E-state index contributed by atoms with van der Waals surface area (Å²) in [6, 6.07) is 0.243. The molecule has 0 saturated heterocycles. The van der Waals surface area contributed by atoms with E-state index in [1.807, 2.05) is 13.8 Å². The molecule has 0 aliphatic rings. The van der Waals surface area contributed by atoms with Crippen LogP contribution in [0, 0.1) is 0 Å². The molecule has 0 unspecified atom stereocenters. The predicted molar refractivity (Wildman–Crippen MR) is 60.4 cm³/mol. The average Bonchev–Trinajstić information content (AvgIpc) is 2.22. The summed E-state index contributed by atoms with van der Waals surface area (Å²) in [6.07, 6.45) is 2.44. The number of nitrogens with one attached hydrogen (secondary N) is 1. The Labute approximate surface area is 92.0 Å². The van der Waals surface area contributed by atoms with Crippen molar-refractivity contribution in [1.82, 2.24) is 10.2 Å². The first-order valence-electron chi connectivity index (χ1n) is 5.50. The first-order valence-corrected chi connectivity index (χ1v) is 5.50. The van der Waals surface area contributed by atoms with Gasteiger partial charge in [0.15, 0.2) is 0 Å². The van der Waals surface area contributed by atoms with Gasteiger partial charge in [0.2, 0.25) is 11.8 Å². The quantitative estimate of drug-likeness (QED) is 0.721. The summed E-state index contributed by atoms with van der Waals surface area (Å²) in [4.78, 5) is 24.1. The van der Waals surface area contributed by atoms with E-state index in [9.17, 15) is 9.59 Å². The molecule has 2 amide bonds. The van der Waals surface area contributed by atoms with Gasteiger partial charge in [-0.15, -0.1) is 0 Å². The summed E-state index contributed by atoms with van der Waals surface area (Å²) < 4.78 is 0. The van der Waals surface area contributed by atoms with Crippen molar-refractivity contribution in [2.75, 3.05) is 14.1 Å². The molecular weight excluding hydrogens is 192 g/mol. The van der Waals surface area contributed by atoms with E-state index in [0.29, 0.717) is 6.42 Å². The third-order valence-corrected chi connectivity index (χ3v) is 2.42. The van der Waals surface area contributed by atoms with Gasteiger partial charge in [-0.25, -0.2) is 0 Å². The highest BCUT2D eigenvalue weighted by atomic mass is 16.2. The summed E-state index contributed by atoms with van der Waals surface area (Å²) in [6.45, 7) is 4.08. The number of carbonyl (C=O) groups is 2. The Hall–Kier alpha value is -1.06. The molecule has 0 aromatic carbocycles. The average molecular weight is 214 g/mol. The van der Waals surface area contributed by atoms with Gasteiger partial charge in [0.25, 0.3) is 0 Å². The smallest absolute Gasteiger partial charge is 0.222 e. The summed E-state index contributed by atoms with van der Waals surface area (Å²) in [5.74, 6) is -0.0337. The SMILES string of the molecule is CCC(CC)NC(=O)CCC(=O)N(C)C. The summed E-state index contributed by atoms with van der Waals surface area (Å²) in [5, 5.41) is 2.90. The monoisotopic (exact) mass is 214 g/mol. The van der Waals surface area contributed by atoms with Crippen molar-refractivity contribution in [3.63, 3.8) is 0 Å². The maximum absolute atomic E-state index is 11.4. The molecular formula is C11H22N2O2. The van der Waals surface area contributed by atoms with Gasteiger partial charge in [-0.2, -0.15) is 0 Å². The summed E-state index contributed by atoms with van der Waals surface area (Å²) in [7, 11) is 3.39. The zero-order valence-corrected chi connectivity index (χ0v) is 10.2. The van der Waals surface area contributed by atoms with Crippen molar-refractivity contribution in [2.24, 2.45) is 0 Å². The summed E-state index contributed by atoms with van der Waals surface area (Å²) >= 11 is 0. The second kappa shape index (κ2) is 7.26. The Morgan fingerprint density at radius 1 is 1.13 bits per heavy atom. The number of nitrogens with zero attached hydrogens (tertiary/aromatic N) is 1. The molecule has 0 aliphatic carbocycles. The Morgan fingerprint density at radius 3 is 2.07 bits per heavy atom. The standard InChI is InChI=1S/C11H22N2O2/c1-5-9(6-2)12-10(14)7-8-11(15)13(3)4/h9H,5-8H2,1-4H3,(H,12,14). The zero-order valence-electron chi connectivity index (χ0n) is 10.2. The van der Waals surface area contributed by atoms with Gasteiger partial charge in [-0.3, -0.25) is 9.59 Å². The van der Waals surface area contributed by atoms with Crippen molar-refractivity contribution < 1.29 is 9.59 Å². The molecule has 0 spiro atoms. The Balaban J connectivity index is 3.79. The van der Waals surface area contributed by atoms with E-state index in [0.717, 1.165) is 12.8 Å². The van der Waals surface area contributed by atoms with Crippen molar-refractivity contribution in [2.45, 2.75) is 45.6 Å². The molecule has 0 aromatic heterocycles. The number of hydrogen-bond acceptors (Lipinski definition) is 2. The lowest BCUT2D eigenvalue weighted by Crippen LogP contribution is -2.34. The highest BCUT2D eigenvalue weighted by molar-refractivity contribution is 5.83. The highest BCUT2D eigenvalue weighted by Crippen LogP contribution is 1.99. The lowest BCUT2D eigenvalue weighted by Gasteiger charge is -2.15. The van der Waals surface area contributed by atoms with Gasteiger partial charge >= 0.3 is 0 Å². The van der Waals surface area contributed by atoms with E-state index in [-0.39, 0.29) is 24.3 Å². The van der Waals surface area contributed by atoms with E-state index >= 15 is 0 Å². The van der Waals surface area contributed by atoms with Crippen LogP contribution in [-0.4, -0.2) is 36.9 Å². The van der Waals surface area contributed by atoms with Crippen molar-refractivity contribution >= 4 is 11.8 Å². The van der Waals surface area contributed by atoms with E-state index in [4.69, 9.17) is 0 Å². The van der Waals surface area contributed by atoms with E-state index in [1.54, 1.807) is 14.1 Å². The summed E-state index contributed by atoms with van der Waals surface area (Å²) in [5.41, 5.74) is 0. The van der Waals surface area contributed by atoms with Crippen LogP contribution in [0.4, 0.5) is 0 Å². The third-order valence-electron chi connectivity index (χ3n) is 2.42. The molecule has 0 atom stereocenters. The van der Waals surface area contributed by atoms with Gasteiger partial charge in [-0.1, -0.05) is 13.8 Å². The van der Waals surface area contributed by atoms with E-state index < -0.39 is 0 Å².